The summed E-state index contributed by atoms with van der Waals surface area (Å²) in [5, 5.41) is 20.5. The monoisotopic (exact) mass is 633 g/mol. The number of anilines is 1. The Morgan fingerprint density at radius 1 is 1.14 bits per heavy atom. The number of pyridine rings is 2. The fourth-order valence-electron chi connectivity index (χ4n) is 8.20. The van der Waals surface area contributed by atoms with Gasteiger partial charge >= 0.3 is 0 Å². The highest BCUT2D eigenvalue weighted by Gasteiger charge is 2.73. The summed E-state index contributed by atoms with van der Waals surface area (Å²) in [6.07, 6.45) is 6.26. The average Bonchev–Trinajstić information content (AvgIpc) is 3.41. The Kier molecular flexibility index (Phi) is 7.77. The highest BCUT2D eigenvalue weighted by molar-refractivity contribution is 6.30. The van der Waals surface area contributed by atoms with Crippen LogP contribution < -0.4 is 16.0 Å². The molecular weight excluding hydrogens is 596 g/mol. The summed E-state index contributed by atoms with van der Waals surface area (Å²) < 4.78 is 21.2. The second-order valence-electron chi connectivity index (χ2n) is 13.6. The third-order valence-electron chi connectivity index (χ3n) is 10.5. The molecule has 3 atom stereocenters. The fraction of sp³-hybridized carbons (Fsp3) is 0.613. The molecule has 2 aromatic heterocycles. The Hall–Kier alpha value is -2.37. The van der Waals surface area contributed by atoms with Crippen molar-refractivity contribution in [1.82, 2.24) is 20.6 Å². The maximum Gasteiger partial charge on any atom is 0.238 e. The zero-order valence-electron chi connectivity index (χ0n) is 24.6. The first kappa shape index (κ1) is 30.6. The zero-order valence-corrected chi connectivity index (χ0v) is 26.1. The Balaban J connectivity index is 1.47. The van der Waals surface area contributed by atoms with Crippen molar-refractivity contribution < 1.29 is 23.8 Å². The van der Waals surface area contributed by atoms with E-state index in [1.54, 1.807) is 19.2 Å². The van der Waals surface area contributed by atoms with Crippen LogP contribution in [0.3, 0.4) is 0 Å². The summed E-state index contributed by atoms with van der Waals surface area (Å²) in [6, 6.07) is 3.76. The van der Waals surface area contributed by atoms with Gasteiger partial charge in [-0.15, -0.1) is 0 Å². The number of carbonyl (C=O) groups excluding carboxylic acids is 2. The molecule has 232 valence electrons. The topological polar surface area (TPSA) is 125 Å². The summed E-state index contributed by atoms with van der Waals surface area (Å²) in [5.41, 5.74) is -2.42. The second-order valence-corrected chi connectivity index (χ2v) is 14.3. The van der Waals surface area contributed by atoms with Gasteiger partial charge in [-0.2, -0.15) is 0 Å². The first-order valence-corrected chi connectivity index (χ1v) is 15.7. The average molecular weight is 635 g/mol. The van der Waals surface area contributed by atoms with Crippen LogP contribution in [0.2, 0.25) is 10.3 Å². The standard InChI is InChI=1S/C31H38Cl2FN5O4/c1-28(2)11-13-30(14-12-28)31(19-4-5-20(32)37-25(19)38-27(31)41)21(18-8-15-35-24(33)22(18)34)23(39-30)26(40)36-17-6-9-29(42,10-7-17)16-43-3/h4-5,8,15,17,21,23,39,42H,6-7,9-14,16H2,1-3H3,(H,36,40)(H,37,38,41)/t17?,21-,23+,29?,31+/m0/s1. The van der Waals surface area contributed by atoms with E-state index in [1.807, 2.05) is 0 Å². The van der Waals surface area contributed by atoms with E-state index in [-0.39, 0.29) is 45.7 Å². The lowest BCUT2D eigenvalue weighted by Gasteiger charge is -2.50. The van der Waals surface area contributed by atoms with Crippen molar-refractivity contribution in [2.75, 3.05) is 19.0 Å². The van der Waals surface area contributed by atoms with Crippen molar-refractivity contribution in [3.8, 4) is 0 Å². The molecule has 43 heavy (non-hydrogen) atoms. The number of fused-ring (bicyclic) bond motifs is 3. The maximum atomic E-state index is 16.0. The van der Waals surface area contributed by atoms with E-state index < -0.39 is 34.3 Å². The molecule has 2 aliphatic carbocycles. The molecule has 2 aliphatic heterocycles. The van der Waals surface area contributed by atoms with Crippen LogP contribution in [-0.2, 0) is 19.7 Å². The van der Waals surface area contributed by atoms with Gasteiger partial charge in [-0.05, 0) is 74.5 Å². The van der Waals surface area contributed by atoms with Crippen LogP contribution in [0.1, 0.15) is 82.3 Å². The quantitative estimate of drug-likeness (QED) is 0.353. The normalized spacial score (nSPS) is 32.5. The van der Waals surface area contributed by atoms with E-state index in [9.17, 15) is 14.7 Å². The number of hydrogen-bond donors (Lipinski definition) is 4. The van der Waals surface area contributed by atoms with E-state index in [0.717, 1.165) is 12.8 Å². The lowest BCUT2D eigenvalue weighted by Crippen LogP contribution is -2.61. The van der Waals surface area contributed by atoms with E-state index in [2.05, 4.69) is 39.8 Å². The molecule has 4 heterocycles. The second kappa shape index (κ2) is 10.9. The molecule has 9 nitrogen and oxygen atoms in total. The number of nitrogens with zero attached hydrogens (tertiary/aromatic N) is 2. The number of halogens is 3. The van der Waals surface area contributed by atoms with Crippen LogP contribution >= 0.6 is 23.2 Å². The zero-order chi connectivity index (χ0) is 30.8. The van der Waals surface area contributed by atoms with Crippen LogP contribution in [0.25, 0.3) is 0 Å². The van der Waals surface area contributed by atoms with Gasteiger partial charge in [0.05, 0.1) is 18.2 Å². The van der Waals surface area contributed by atoms with Crippen molar-refractivity contribution in [3.63, 3.8) is 0 Å². The molecule has 0 bridgehead atoms. The molecule has 0 aromatic carbocycles. The summed E-state index contributed by atoms with van der Waals surface area (Å²) in [7, 11) is 1.56. The number of hydrogen-bond acceptors (Lipinski definition) is 7. The summed E-state index contributed by atoms with van der Waals surface area (Å²) in [6.45, 7) is 4.63. The van der Waals surface area contributed by atoms with Crippen molar-refractivity contribution in [3.05, 3.63) is 51.6 Å². The Morgan fingerprint density at radius 3 is 2.51 bits per heavy atom. The Labute approximate surface area is 260 Å². The van der Waals surface area contributed by atoms with Crippen LogP contribution in [0, 0.1) is 11.2 Å². The largest absolute Gasteiger partial charge is 0.387 e. The maximum absolute atomic E-state index is 16.0. The van der Waals surface area contributed by atoms with Crippen LogP contribution in [0.15, 0.2) is 24.4 Å². The number of ether oxygens (including phenoxy) is 1. The van der Waals surface area contributed by atoms with Gasteiger partial charge < -0.3 is 20.5 Å². The third-order valence-corrected chi connectivity index (χ3v) is 11.0. The predicted molar refractivity (Wildman–Crippen MR) is 161 cm³/mol. The van der Waals surface area contributed by atoms with Gasteiger partial charge in [-0.3, -0.25) is 14.9 Å². The molecule has 4 aliphatic rings. The number of carbonyl (C=O) groups is 2. The van der Waals surface area contributed by atoms with Gasteiger partial charge in [0.15, 0.2) is 11.0 Å². The first-order chi connectivity index (χ1) is 20.3. The molecule has 3 fully saturated rings. The van der Waals surface area contributed by atoms with Crippen molar-refractivity contribution in [2.24, 2.45) is 5.41 Å². The summed E-state index contributed by atoms with van der Waals surface area (Å²) >= 11 is 12.5. The lowest BCUT2D eigenvalue weighted by atomic mass is 9.53. The molecule has 1 saturated heterocycles. The highest BCUT2D eigenvalue weighted by atomic mass is 35.5. The minimum Gasteiger partial charge on any atom is -0.387 e. The van der Waals surface area contributed by atoms with Crippen LogP contribution in [0.5, 0.6) is 0 Å². The van der Waals surface area contributed by atoms with E-state index in [1.165, 1.54) is 12.3 Å². The van der Waals surface area contributed by atoms with Gasteiger partial charge in [-0.25, -0.2) is 14.4 Å². The molecule has 2 spiro atoms. The number of rotatable bonds is 5. The van der Waals surface area contributed by atoms with Crippen molar-refractivity contribution in [2.45, 2.75) is 99.8 Å². The summed E-state index contributed by atoms with van der Waals surface area (Å²) in [4.78, 5) is 37.2. The van der Waals surface area contributed by atoms with E-state index in [4.69, 9.17) is 27.9 Å². The molecular formula is C31H38Cl2FN5O4. The summed E-state index contributed by atoms with van der Waals surface area (Å²) in [5.74, 6) is -2.08. The Morgan fingerprint density at radius 2 is 1.84 bits per heavy atom. The SMILES string of the molecule is COCC1(O)CCC(NC(=O)[C@@H]2NC3(CCC(C)(C)CC3)[C@@]3(C(=O)Nc4nc(Cl)ccc43)[C@H]2c2ccnc(Cl)c2F)CC1. The first-order valence-electron chi connectivity index (χ1n) is 14.9. The Bertz CT molecular complexity index is 1440. The molecule has 4 N–H and O–H groups in total. The number of nitrogens with one attached hydrogen (secondary N) is 3. The van der Waals surface area contributed by atoms with Crippen molar-refractivity contribution in [1.29, 1.82) is 0 Å². The lowest BCUT2D eigenvalue weighted by molar-refractivity contribution is -0.125. The third kappa shape index (κ3) is 4.94. The predicted octanol–water partition coefficient (Wildman–Crippen LogP) is 4.64. The minimum atomic E-state index is -1.38. The highest BCUT2D eigenvalue weighted by Crippen LogP contribution is 2.63. The van der Waals surface area contributed by atoms with E-state index in [0.29, 0.717) is 49.9 Å². The number of amides is 2. The number of aromatic nitrogens is 2. The van der Waals surface area contributed by atoms with Crippen molar-refractivity contribution >= 4 is 40.8 Å². The van der Waals surface area contributed by atoms with Crippen LogP contribution in [0.4, 0.5) is 10.2 Å². The fourth-order valence-corrected chi connectivity index (χ4v) is 8.51. The number of aliphatic hydroxyl groups is 1. The van der Waals surface area contributed by atoms with Gasteiger partial charge in [-0.1, -0.05) is 43.1 Å². The smallest absolute Gasteiger partial charge is 0.238 e. The molecule has 6 rings (SSSR count). The molecule has 2 amide bonds. The molecule has 2 aromatic rings. The van der Waals surface area contributed by atoms with Gasteiger partial charge in [0, 0.05) is 36.4 Å². The molecule has 12 heteroatoms. The van der Waals surface area contributed by atoms with E-state index >= 15 is 4.39 Å². The van der Waals surface area contributed by atoms with Gasteiger partial charge in [0.25, 0.3) is 0 Å². The minimum absolute atomic E-state index is 0.0342. The molecule has 0 unspecified atom stereocenters. The van der Waals surface area contributed by atoms with Crippen LogP contribution in [-0.4, -0.2) is 63.8 Å². The van der Waals surface area contributed by atoms with Gasteiger partial charge in [0.2, 0.25) is 11.8 Å². The molecule has 0 radical (unpaired) electrons. The van der Waals surface area contributed by atoms with Gasteiger partial charge in [0.1, 0.15) is 16.4 Å². The number of methoxy groups -OCH3 is 1. The molecule has 2 saturated carbocycles.